The van der Waals surface area contributed by atoms with Gasteiger partial charge < -0.3 is 20.2 Å². The first-order valence-electron chi connectivity index (χ1n) is 8.04. The molecular formula is C15H24N4O4. The Labute approximate surface area is 135 Å². The van der Waals surface area contributed by atoms with E-state index in [1.807, 2.05) is 0 Å². The third-order valence-corrected chi connectivity index (χ3v) is 4.24. The Morgan fingerprint density at radius 3 is 2.91 bits per heavy atom. The number of hydrogen-bond acceptors (Lipinski definition) is 5. The Hall–Kier alpha value is -1.96. The van der Waals surface area contributed by atoms with Gasteiger partial charge in [0.1, 0.15) is 6.54 Å². The summed E-state index contributed by atoms with van der Waals surface area (Å²) in [6, 6.07) is 1.35. The first kappa shape index (κ1) is 17.4. The van der Waals surface area contributed by atoms with Crippen LogP contribution in [0.1, 0.15) is 38.3 Å². The van der Waals surface area contributed by atoms with Crippen molar-refractivity contribution in [3.05, 3.63) is 21.9 Å². The highest BCUT2D eigenvalue weighted by molar-refractivity contribution is 5.75. The largest absolute Gasteiger partial charge is 0.390 e. The molecule has 2 atom stereocenters. The molecule has 8 heteroatoms. The Kier molecular flexibility index (Phi) is 6.09. The predicted octanol–water partition coefficient (Wildman–Crippen LogP) is 1.81. The highest BCUT2D eigenvalue weighted by Crippen LogP contribution is 2.25. The minimum absolute atomic E-state index is 0.0283. The summed E-state index contributed by atoms with van der Waals surface area (Å²) in [5.41, 5.74) is 0.583. The van der Waals surface area contributed by atoms with Crippen molar-refractivity contribution >= 4 is 11.7 Å². The van der Waals surface area contributed by atoms with E-state index in [0.717, 1.165) is 6.42 Å². The van der Waals surface area contributed by atoms with Crippen molar-refractivity contribution in [2.45, 2.75) is 52.2 Å². The number of hydrogen-bond donors (Lipinski definition) is 1. The maximum absolute atomic E-state index is 11.9. The Balaban J connectivity index is 1.70. The van der Waals surface area contributed by atoms with Crippen LogP contribution in [0.25, 0.3) is 0 Å². The summed E-state index contributed by atoms with van der Waals surface area (Å²) in [5.74, 6) is 0.100. The van der Waals surface area contributed by atoms with Gasteiger partial charge in [-0.1, -0.05) is 19.8 Å². The molecule has 1 saturated carbocycles. The van der Waals surface area contributed by atoms with Gasteiger partial charge in [0.25, 0.3) is 0 Å². The summed E-state index contributed by atoms with van der Waals surface area (Å²) in [4.78, 5) is 21.9. The number of aromatic nitrogens is 2. The second kappa shape index (κ2) is 8.05. The van der Waals surface area contributed by atoms with Crippen molar-refractivity contribution in [2.75, 3.05) is 13.2 Å². The monoisotopic (exact) mass is 324 g/mol. The van der Waals surface area contributed by atoms with Crippen molar-refractivity contribution in [1.82, 2.24) is 15.1 Å². The van der Waals surface area contributed by atoms with Gasteiger partial charge in [-0.2, -0.15) is 4.68 Å². The smallest absolute Gasteiger partial charge is 0.376 e. The number of nitrogens with zero attached hydrogens (tertiary/aromatic N) is 3. The zero-order chi connectivity index (χ0) is 16.8. The molecule has 1 amide bonds. The normalized spacial score (nSPS) is 21.1. The van der Waals surface area contributed by atoms with Crippen molar-refractivity contribution in [3.8, 4) is 0 Å². The molecule has 8 nitrogen and oxygen atoms in total. The van der Waals surface area contributed by atoms with E-state index in [0.29, 0.717) is 24.8 Å². The van der Waals surface area contributed by atoms with Crippen LogP contribution in [0.5, 0.6) is 0 Å². The Bertz CT molecular complexity index is 558. The number of aryl methyl sites for hydroxylation is 1. The summed E-state index contributed by atoms with van der Waals surface area (Å²) in [6.07, 6.45) is 5.06. The molecule has 0 saturated heterocycles. The lowest BCUT2D eigenvalue weighted by Gasteiger charge is -2.28. The highest BCUT2D eigenvalue weighted by Gasteiger charge is 2.21. The number of nitro groups is 1. The van der Waals surface area contributed by atoms with E-state index in [1.165, 1.54) is 30.0 Å². The molecule has 2 rings (SSSR count). The van der Waals surface area contributed by atoms with Crippen LogP contribution in [0.2, 0.25) is 0 Å². The number of carbonyl (C=O) groups excluding carboxylic acids is 1. The molecule has 1 aliphatic rings. The molecule has 1 fully saturated rings. The van der Waals surface area contributed by atoms with Crippen LogP contribution in [0.3, 0.4) is 0 Å². The fourth-order valence-corrected chi connectivity index (χ4v) is 2.86. The molecular weight excluding hydrogens is 300 g/mol. The Morgan fingerprint density at radius 1 is 1.52 bits per heavy atom. The van der Waals surface area contributed by atoms with Gasteiger partial charge in [0.15, 0.2) is 0 Å². The standard InChI is InChI=1S/C15H24N4O4/c1-11-5-3-4-6-13(11)23-8-7-16-15(20)10-18-12(2)9-14(17-18)19(21)22/h9,11,13H,3-8,10H2,1-2H3,(H,16,20)/t11-,13-/m1/s1. The van der Waals surface area contributed by atoms with Gasteiger partial charge in [0.2, 0.25) is 5.91 Å². The average molecular weight is 324 g/mol. The van der Waals surface area contributed by atoms with E-state index < -0.39 is 4.92 Å². The minimum Gasteiger partial charge on any atom is -0.376 e. The molecule has 0 bridgehead atoms. The molecule has 1 N–H and O–H groups in total. The van der Waals surface area contributed by atoms with E-state index in [2.05, 4.69) is 17.3 Å². The van der Waals surface area contributed by atoms with Crippen LogP contribution in [0.4, 0.5) is 5.82 Å². The van der Waals surface area contributed by atoms with Crippen LogP contribution in [-0.4, -0.2) is 39.9 Å². The number of amides is 1. The maximum atomic E-state index is 11.9. The van der Waals surface area contributed by atoms with Crippen LogP contribution in [0.15, 0.2) is 6.07 Å². The molecule has 0 radical (unpaired) electrons. The molecule has 0 unspecified atom stereocenters. The van der Waals surface area contributed by atoms with Crippen LogP contribution in [-0.2, 0) is 16.1 Å². The molecule has 0 aromatic carbocycles. The fourth-order valence-electron chi connectivity index (χ4n) is 2.86. The van der Waals surface area contributed by atoms with E-state index >= 15 is 0 Å². The lowest BCUT2D eigenvalue weighted by molar-refractivity contribution is -0.389. The summed E-state index contributed by atoms with van der Waals surface area (Å²) < 4.78 is 7.16. The zero-order valence-electron chi connectivity index (χ0n) is 13.7. The first-order chi connectivity index (χ1) is 11.0. The van der Waals surface area contributed by atoms with E-state index in [9.17, 15) is 14.9 Å². The Morgan fingerprint density at radius 2 is 2.26 bits per heavy atom. The van der Waals surface area contributed by atoms with E-state index in [1.54, 1.807) is 6.92 Å². The van der Waals surface area contributed by atoms with Gasteiger partial charge in [-0.25, -0.2) is 0 Å². The molecule has 0 aliphatic heterocycles. The summed E-state index contributed by atoms with van der Waals surface area (Å²) in [5, 5.41) is 17.2. The van der Waals surface area contributed by atoms with Crippen molar-refractivity contribution in [2.24, 2.45) is 5.92 Å². The summed E-state index contributed by atoms with van der Waals surface area (Å²) in [6.45, 7) is 4.78. The molecule has 23 heavy (non-hydrogen) atoms. The van der Waals surface area contributed by atoms with Gasteiger partial charge in [0.05, 0.1) is 29.6 Å². The molecule has 1 aromatic rings. The van der Waals surface area contributed by atoms with Gasteiger partial charge in [-0.3, -0.25) is 4.79 Å². The zero-order valence-corrected chi connectivity index (χ0v) is 13.7. The van der Waals surface area contributed by atoms with Gasteiger partial charge >= 0.3 is 5.82 Å². The van der Waals surface area contributed by atoms with Crippen LogP contribution in [0, 0.1) is 23.0 Å². The number of nitrogens with one attached hydrogen (secondary N) is 1. The predicted molar refractivity (Wildman–Crippen MR) is 84.0 cm³/mol. The fraction of sp³-hybridized carbons (Fsp3) is 0.733. The molecule has 1 heterocycles. The topological polar surface area (TPSA) is 99.3 Å². The lowest BCUT2D eigenvalue weighted by Crippen LogP contribution is -2.33. The third kappa shape index (κ3) is 5.02. The molecule has 1 aliphatic carbocycles. The van der Waals surface area contributed by atoms with E-state index in [-0.39, 0.29) is 24.4 Å². The second-order valence-electron chi connectivity index (χ2n) is 6.08. The number of rotatable bonds is 7. The number of ether oxygens (including phenoxy) is 1. The first-order valence-corrected chi connectivity index (χ1v) is 8.04. The van der Waals surface area contributed by atoms with Crippen LogP contribution >= 0.6 is 0 Å². The van der Waals surface area contributed by atoms with Crippen molar-refractivity contribution in [3.63, 3.8) is 0 Å². The van der Waals surface area contributed by atoms with Crippen LogP contribution < -0.4 is 5.32 Å². The average Bonchev–Trinajstić information content (AvgIpc) is 2.87. The lowest BCUT2D eigenvalue weighted by atomic mass is 9.88. The molecule has 128 valence electrons. The summed E-state index contributed by atoms with van der Waals surface area (Å²) in [7, 11) is 0. The van der Waals surface area contributed by atoms with Gasteiger partial charge in [0, 0.05) is 6.54 Å². The quantitative estimate of drug-likeness (QED) is 0.468. The van der Waals surface area contributed by atoms with Crippen molar-refractivity contribution < 1.29 is 14.5 Å². The SMILES string of the molecule is Cc1cc([N+](=O)[O-])nn1CC(=O)NCCO[C@@H]1CCCC[C@H]1C. The molecule has 1 aromatic heterocycles. The van der Waals surface area contributed by atoms with Gasteiger partial charge in [-0.15, -0.1) is 0 Å². The molecule has 0 spiro atoms. The highest BCUT2D eigenvalue weighted by atomic mass is 16.6. The van der Waals surface area contributed by atoms with E-state index in [4.69, 9.17) is 4.74 Å². The third-order valence-electron chi connectivity index (χ3n) is 4.24. The minimum atomic E-state index is -0.569. The summed E-state index contributed by atoms with van der Waals surface area (Å²) >= 11 is 0. The van der Waals surface area contributed by atoms with Gasteiger partial charge in [-0.05, 0) is 30.6 Å². The maximum Gasteiger partial charge on any atom is 0.390 e. The van der Waals surface area contributed by atoms with Crippen molar-refractivity contribution in [1.29, 1.82) is 0 Å². The second-order valence-corrected chi connectivity index (χ2v) is 6.08. The number of carbonyl (C=O) groups is 1.